The monoisotopic (exact) mass is 313 g/mol. The molecule has 0 aliphatic rings. The third-order valence-corrected chi connectivity index (χ3v) is 3.34. The summed E-state index contributed by atoms with van der Waals surface area (Å²) in [5.74, 6) is -0.0842. The highest BCUT2D eigenvalue weighted by molar-refractivity contribution is 9.10. The maximum Gasteiger partial charge on any atom is 0.226 e. The van der Waals surface area contributed by atoms with Crippen LogP contribution in [0.25, 0.3) is 0 Å². The quantitative estimate of drug-likeness (QED) is 0.901. The number of rotatable bonds is 3. The number of hydrogen-bond acceptors (Lipinski definition) is 2. The molecule has 1 rings (SSSR count). The van der Waals surface area contributed by atoms with E-state index in [0.717, 1.165) is 10.0 Å². The molecule has 1 unspecified atom stereocenters. The summed E-state index contributed by atoms with van der Waals surface area (Å²) in [6, 6.07) is 7.59. The van der Waals surface area contributed by atoms with Crippen LogP contribution in [-0.2, 0) is 10.3 Å². The van der Waals surface area contributed by atoms with Crippen LogP contribution in [0.4, 0.5) is 0 Å². The van der Waals surface area contributed by atoms with Gasteiger partial charge in [0.25, 0.3) is 0 Å². The maximum absolute atomic E-state index is 12.1. The van der Waals surface area contributed by atoms with Crippen molar-refractivity contribution in [2.75, 3.05) is 6.61 Å². The molecule has 0 spiro atoms. The SMILES string of the molecule is CC(C)(C)C(=O)NC(C)(CO)c1cccc(Br)c1. The van der Waals surface area contributed by atoms with Gasteiger partial charge in [-0.25, -0.2) is 0 Å². The van der Waals surface area contributed by atoms with E-state index < -0.39 is 11.0 Å². The number of amides is 1. The molecule has 0 saturated heterocycles. The molecule has 0 aromatic heterocycles. The third kappa shape index (κ3) is 3.56. The van der Waals surface area contributed by atoms with Gasteiger partial charge in [0.1, 0.15) is 0 Å². The van der Waals surface area contributed by atoms with Crippen LogP contribution in [0.3, 0.4) is 0 Å². The Balaban J connectivity index is 3.03. The predicted molar refractivity (Wildman–Crippen MR) is 76.2 cm³/mol. The molecule has 0 fully saturated rings. The Labute approximate surface area is 117 Å². The van der Waals surface area contributed by atoms with Gasteiger partial charge in [-0.05, 0) is 24.6 Å². The molecule has 0 aliphatic carbocycles. The minimum Gasteiger partial charge on any atom is -0.394 e. The number of aliphatic hydroxyl groups is 1. The van der Waals surface area contributed by atoms with Gasteiger partial charge in [0, 0.05) is 9.89 Å². The van der Waals surface area contributed by atoms with E-state index in [-0.39, 0.29) is 12.5 Å². The van der Waals surface area contributed by atoms with Crippen molar-refractivity contribution in [3.8, 4) is 0 Å². The fourth-order valence-corrected chi connectivity index (χ4v) is 1.87. The Hall–Kier alpha value is -0.870. The molecular weight excluding hydrogens is 294 g/mol. The first-order chi connectivity index (χ1) is 8.19. The summed E-state index contributed by atoms with van der Waals surface area (Å²) in [6.07, 6.45) is 0. The molecule has 0 radical (unpaired) electrons. The van der Waals surface area contributed by atoms with Crippen molar-refractivity contribution >= 4 is 21.8 Å². The lowest BCUT2D eigenvalue weighted by Gasteiger charge is -2.32. The molecule has 4 heteroatoms. The van der Waals surface area contributed by atoms with Gasteiger partial charge in [0.05, 0.1) is 12.1 Å². The molecular formula is C14H20BrNO2. The summed E-state index contributed by atoms with van der Waals surface area (Å²) in [5, 5.41) is 12.5. The number of carbonyl (C=O) groups is 1. The van der Waals surface area contributed by atoms with Crippen molar-refractivity contribution in [1.29, 1.82) is 0 Å². The van der Waals surface area contributed by atoms with Gasteiger partial charge in [-0.2, -0.15) is 0 Å². The largest absolute Gasteiger partial charge is 0.394 e. The first-order valence-corrected chi connectivity index (χ1v) is 6.68. The number of benzene rings is 1. The Morgan fingerprint density at radius 1 is 1.33 bits per heavy atom. The van der Waals surface area contributed by atoms with Gasteiger partial charge in [-0.1, -0.05) is 48.8 Å². The second-order valence-electron chi connectivity index (χ2n) is 5.70. The molecule has 1 amide bonds. The number of halogens is 1. The van der Waals surface area contributed by atoms with Crippen molar-refractivity contribution in [2.45, 2.75) is 33.2 Å². The van der Waals surface area contributed by atoms with Crippen molar-refractivity contribution in [3.63, 3.8) is 0 Å². The van der Waals surface area contributed by atoms with E-state index in [4.69, 9.17) is 0 Å². The zero-order chi connectivity index (χ0) is 14.0. The van der Waals surface area contributed by atoms with Gasteiger partial charge in [0.15, 0.2) is 0 Å². The van der Waals surface area contributed by atoms with Gasteiger partial charge in [0.2, 0.25) is 5.91 Å². The molecule has 0 heterocycles. The highest BCUT2D eigenvalue weighted by Crippen LogP contribution is 2.25. The van der Waals surface area contributed by atoms with E-state index in [1.54, 1.807) is 0 Å². The molecule has 0 bridgehead atoms. The average molecular weight is 314 g/mol. The Bertz CT molecular complexity index is 440. The molecule has 1 aromatic rings. The second-order valence-corrected chi connectivity index (χ2v) is 6.62. The van der Waals surface area contributed by atoms with Crippen LogP contribution in [0.2, 0.25) is 0 Å². The molecule has 18 heavy (non-hydrogen) atoms. The molecule has 3 nitrogen and oxygen atoms in total. The van der Waals surface area contributed by atoms with Gasteiger partial charge < -0.3 is 10.4 Å². The van der Waals surface area contributed by atoms with Crippen LogP contribution in [-0.4, -0.2) is 17.6 Å². The average Bonchev–Trinajstić information content (AvgIpc) is 2.27. The second kappa shape index (κ2) is 5.41. The van der Waals surface area contributed by atoms with Gasteiger partial charge in [-0.3, -0.25) is 4.79 Å². The lowest BCUT2D eigenvalue weighted by atomic mass is 9.89. The minimum absolute atomic E-state index is 0.0842. The molecule has 0 aliphatic heterocycles. The van der Waals surface area contributed by atoms with E-state index in [1.165, 1.54) is 0 Å². The van der Waals surface area contributed by atoms with Crippen molar-refractivity contribution < 1.29 is 9.90 Å². The normalized spacial score (nSPS) is 15.0. The minimum atomic E-state index is -0.770. The summed E-state index contributed by atoms with van der Waals surface area (Å²) >= 11 is 3.40. The summed E-state index contributed by atoms with van der Waals surface area (Å²) in [5.41, 5.74) is -0.381. The van der Waals surface area contributed by atoms with Crippen molar-refractivity contribution in [3.05, 3.63) is 34.3 Å². The first-order valence-electron chi connectivity index (χ1n) is 5.88. The first kappa shape index (κ1) is 15.2. The van der Waals surface area contributed by atoms with Crippen LogP contribution >= 0.6 is 15.9 Å². The van der Waals surface area contributed by atoms with E-state index in [1.807, 2.05) is 52.0 Å². The fourth-order valence-electron chi connectivity index (χ4n) is 1.47. The number of hydrogen-bond donors (Lipinski definition) is 2. The smallest absolute Gasteiger partial charge is 0.226 e. The van der Waals surface area contributed by atoms with Crippen LogP contribution < -0.4 is 5.32 Å². The number of aliphatic hydroxyl groups excluding tert-OH is 1. The predicted octanol–water partition coefficient (Wildman–Crippen LogP) is 2.82. The van der Waals surface area contributed by atoms with Crippen LogP contribution in [0.5, 0.6) is 0 Å². The highest BCUT2D eigenvalue weighted by Gasteiger charge is 2.32. The highest BCUT2D eigenvalue weighted by atomic mass is 79.9. The summed E-state index contributed by atoms with van der Waals surface area (Å²) in [4.78, 5) is 12.1. The lowest BCUT2D eigenvalue weighted by Crippen LogP contribution is -2.50. The number of nitrogens with one attached hydrogen (secondary N) is 1. The van der Waals surface area contributed by atoms with Crippen LogP contribution in [0.1, 0.15) is 33.3 Å². The van der Waals surface area contributed by atoms with E-state index in [9.17, 15) is 9.90 Å². The third-order valence-electron chi connectivity index (χ3n) is 2.85. The van der Waals surface area contributed by atoms with E-state index >= 15 is 0 Å². The van der Waals surface area contributed by atoms with E-state index in [0.29, 0.717) is 0 Å². The van der Waals surface area contributed by atoms with Gasteiger partial charge >= 0.3 is 0 Å². The molecule has 0 saturated carbocycles. The summed E-state index contributed by atoms with van der Waals surface area (Å²) in [7, 11) is 0. The topological polar surface area (TPSA) is 49.3 Å². The van der Waals surface area contributed by atoms with Gasteiger partial charge in [-0.15, -0.1) is 0 Å². The zero-order valence-corrected chi connectivity index (χ0v) is 12.8. The van der Waals surface area contributed by atoms with Crippen LogP contribution in [0, 0.1) is 5.41 Å². The Morgan fingerprint density at radius 3 is 2.39 bits per heavy atom. The standard InChI is InChI=1S/C14H20BrNO2/c1-13(2,3)12(18)16-14(4,9-17)10-6-5-7-11(15)8-10/h5-8,17H,9H2,1-4H3,(H,16,18). The fraction of sp³-hybridized carbons (Fsp3) is 0.500. The van der Waals surface area contributed by atoms with Crippen molar-refractivity contribution in [2.24, 2.45) is 5.41 Å². The molecule has 100 valence electrons. The Kier molecular flexibility index (Phi) is 4.56. The maximum atomic E-state index is 12.1. The number of carbonyl (C=O) groups excluding carboxylic acids is 1. The van der Waals surface area contributed by atoms with Crippen molar-refractivity contribution in [1.82, 2.24) is 5.32 Å². The summed E-state index contributed by atoms with van der Waals surface area (Å²) < 4.78 is 0.921. The summed E-state index contributed by atoms with van der Waals surface area (Å²) in [6.45, 7) is 7.22. The molecule has 1 aromatic carbocycles. The Morgan fingerprint density at radius 2 is 1.94 bits per heavy atom. The van der Waals surface area contributed by atoms with E-state index in [2.05, 4.69) is 21.2 Å². The molecule has 2 N–H and O–H groups in total. The molecule has 1 atom stereocenters. The van der Waals surface area contributed by atoms with Crippen LogP contribution in [0.15, 0.2) is 28.7 Å². The zero-order valence-electron chi connectivity index (χ0n) is 11.2. The lowest BCUT2D eigenvalue weighted by molar-refractivity contribution is -0.131.